The van der Waals surface area contributed by atoms with E-state index in [1.807, 2.05) is 0 Å². The second-order valence-electron chi connectivity index (χ2n) is 15.3. The van der Waals surface area contributed by atoms with Gasteiger partial charge >= 0.3 is 0 Å². The van der Waals surface area contributed by atoms with Gasteiger partial charge in [-0.25, -0.2) is 0 Å². The van der Waals surface area contributed by atoms with E-state index in [4.69, 9.17) is 0 Å². The van der Waals surface area contributed by atoms with E-state index in [1.165, 1.54) is 127 Å². The number of hydrogen-bond acceptors (Lipinski definition) is 2. The fourth-order valence-electron chi connectivity index (χ4n) is 8.27. The summed E-state index contributed by atoms with van der Waals surface area (Å²) in [5, 5.41) is 0. The Bertz CT molecular complexity index is 1970. The van der Waals surface area contributed by atoms with Gasteiger partial charge in [-0.15, -0.1) is 0 Å². The molecule has 0 heterocycles. The van der Waals surface area contributed by atoms with Crippen molar-refractivity contribution in [1.29, 1.82) is 0 Å². The fourth-order valence-corrected chi connectivity index (χ4v) is 8.27. The summed E-state index contributed by atoms with van der Waals surface area (Å²) in [6, 6.07) is 30.9. The SMILES string of the molecule is Cc1ccc(N(C)c2ccc(C3(c4ccc(N(c5cc(C)c(C)cc5C)c5cc(C)c(C)cc5C)c(C)c4)CCCCC3)cc2C)cc1C. The van der Waals surface area contributed by atoms with Gasteiger partial charge in [0, 0.05) is 40.9 Å². The smallest absolute Gasteiger partial charge is 0.0493 e. The Balaban J connectivity index is 1.45. The summed E-state index contributed by atoms with van der Waals surface area (Å²) in [4.78, 5) is 4.87. The summed E-state index contributed by atoms with van der Waals surface area (Å²) in [6.45, 7) is 22.4. The third kappa shape index (κ3) is 6.43. The summed E-state index contributed by atoms with van der Waals surface area (Å²) in [5.74, 6) is 0. The van der Waals surface area contributed by atoms with Gasteiger partial charge in [0.05, 0.1) is 0 Å². The van der Waals surface area contributed by atoms with Gasteiger partial charge in [0.15, 0.2) is 0 Å². The second kappa shape index (κ2) is 13.5. The van der Waals surface area contributed by atoms with Crippen LogP contribution in [0.4, 0.5) is 28.4 Å². The maximum Gasteiger partial charge on any atom is 0.0493 e. The molecule has 0 bridgehead atoms. The highest BCUT2D eigenvalue weighted by atomic mass is 15.1. The Hall–Kier alpha value is -4.30. The molecule has 0 spiro atoms. The summed E-state index contributed by atoms with van der Waals surface area (Å²) < 4.78 is 0. The zero-order chi connectivity index (χ0) is 35.2. The minimum absolute atomic E-state index is 0.0153. The Morgan fingerprint density at radius 1 is 0.388 bits per heavy atom. The second-order valence-corrected chi connectivity index (χ2v) is 15.3. The zero-order valence-electron chi connectivity index (χ0n) is 31.9. The lowest BCUT2D eigenvalue weighted by atomic mass is 9.65. The van der Waals surface area contributed by atoms with Crippen LogP contribution in [0.5, 0.6) is 0 Å². The van der Waals surface area contributed by atoms with Crippen LogP contribution in [-0.4, -0.2) is 7.05 Å². The molecule has 5 aromatic rings. The molecular weight excluding hydrogens is 593 g/mol. The highest BCUT2D eigenvalue weighted by Crippen LogP contribution is 2.48. The van der Waals surface area contributed by atoms with Gasteiger partial charge < -0.3 is 9.80 Å². The minimum Gasteiger partial charge on any atom is -0.344 e. The first-order valence-electron chi connectivity index (χ1n) is 18.3. The molecule has 2 nitrogen and oxygen atoms in total. The third-order valence-corrected chi connectivity index (χ3v) is 11.8. The first-order chi connectivity index (χ1) is 23.3. The highest BCUT2D eigenvalue weighted by molar-refractivity contribution is 5.83. The monoisotopic (exact) mass is 648 g/mol. The maximum absolute atomic E-state index is 2.53. The average Bonchev–Trinajstić information content (AvgIpc) is 3.07. The molecular formula is C47H56N2. The normalized spacial score (nSPS) is 14.2. The molecule has 0 saturated heterocycles. The van der Waals surface area contributed by atoms with Crippen molar-refractivity contribution >= 4 is 28.4 Å². The Morgan fingerprint density at radius 3 is 1.33 bits per heavy atom. The van der Waals surface area contributed by atoms with Crippen LogP contribution in [0.25, 0.3) is 0 Å². The molecule has 2 heteroatoms. The van der Waals surface area contributed by atoms with Crippen LogP contribution in [-0.2, 0) is 5.41 Å². The van der Waals surface area contributed by atoms with Crippen LogP contribution in [0.15, 0.2) is 78.9 Å². The molecule has 1 saturated carbocycles. The van der Waals surface area contributed by atoms with Crippen molar-refractivity contribution in [2.75, 3.05) is 16.8 Å². The molecule has 1 aliphatic carbocycles. The predicted octanol–water partition coefficient (Wildman–Crippen LogP) is 13.3. The molecule has 0 aromatic heterocycles. The van der Waals surface area contributed by atoms with Gasteiger partial charge in [-0.2, -0.15) is 0 Å². The zero-order valence-corrected chi connectivity index (χ0v) is 31.9. The molecule has 254 valence electrons. The van der Waals surface area contributed by atoms with Gasteiger partial charge in [0.25, 0.3) is 0 Å². The van der Waals surface area contributed by atoms with Crippen molar-refractivity contribution in [3.63, 3.8) is 0 Å². The van der Waals surface area contributed by atoms with Crippen LogP contribution in [0.2, 0.25) is 0 Å². The van der Waals surface area contributed by atoms with Crippen molar-refractivity contribution in [3.05, 3.63) is 146 Å². The van der Waals surface area contributed by atoms with Gasteiger partial charge in [-0.1, -0.05) is 61.7 Å². The van der Waals surface area contributed by atoms with E-state index in [-0.39, 0.29) is 5.41 Å². The lowest BCUT2D eigenvalue weighted by Gasteiger charge is -2.40. The average molecular weight is 649 g/mol. The molecule has 0 radical (unpaired) electrons. The molecule has 0 N–H and O–H groups in total. The number of rotatable bonds is 7. The summed E-state index contributed by atoms with van der Waals surface area (Å²) in [5.41, 5.74) is 22.5. The van der Waals surface area contributed by atoms with E-state index < -0.39 is 0 Å². The molecule has 1 fully saturated rings. The number of benzene rings is 5. The van der Waals surface area contributed by atoms with Crippen molar-refractivity contribution in [2.45, 2.75) is 107 Å². The van der Waals surface area contributed by atoms with Crippen molar-refractivity contribution in [3.8, 4) is 0 Å². The first-order valence-corrected chi connectivity index (χ1v) is 18.3. The number of nitrogens with zero attached hydrogens (tertiary/aromatic N) is 2. The van der Waals surface area contributed by atoms with Crippen LogP contribution in [0.3, 0.4) is 0 Å². The minimum atomic E-state index is 0.0153. The molecule has 0 unspecified atom stereocenters. The maximum atomic E-state index is 2.53. The lowest BCUT2D eigenvalue weighted by molar-refractivity contribution is 0.346. The first kappa shape index (κ1) is 34.6. The van der Waals surface area contributed by atoms with E-state index >= 15 is 0 Å². The largest absolute Gasteiger partial charge is 0.344 e. The van der Waals surface area contributed by atoms with E-state index in [9.17, 15) is 0 Å². The van der Waals surface area contributed by atoms with Crippen molar-refractivity contribution in [2.24, 2.45) is 0 Å². The van der Waals surface area contributed by atoms with E-state index in [2.05, 4.69) is 165 Å². The lowest BCUT2D eigenvalue weighted by Crippen LogP contribution is -2.31. The standard InChI is InChI=1S/C47H56N2/c1-30-15-18-42(27-33(30)4)48(11)43-19-16-40(25-38(43)9)47(21-13-12-14-22-47)41-17-20-44(39(10)26-41)49(45-28-34(5)31(2)23-36(45)7)46-29-35(6)32(3)24-37(46)8/h15-20,23-29H,12-14,21-22H2,1-11H3. The molecule has 49 heavy (non-hydrogen) atoms. The summed E-state index contributed by atoms with van der Waals surface area (Å²) >= 11 is 0. The molecule has 6 rings (SSSR count). The van der Waals surface area contributed by atoms with Crippen LogP contribution >= 0.6 is 0 Å². The van der Waals surface area contributed by atoms with Gasteiger partial charge in [0.2, 0.25) is 0 Å². The number of hydrogen-bond donors (Lipinski definition) is 0. The van der Waals surface area contributed by atoms with Crippen LogP contribution in [0, 0.1) is 69.2 Å². The Labute approximate surface area is 296 Å². The molecule has 0 atom stereocenters. The quantitative estimate of drug-likeness (QED) is 0.173. The van der Waals surface area contributed by atoms with Crippen LogP contribution < -0.4 is 9.80 Å². The summed E-state index contributed by atoms with van der Waals surface area (Å²) in [7, 11) is 2.20. The fraction of sp³-hybridized carbons (Fsp3) is 0.362. The molecule has 0 aliphatic heterocycles. The van der Waals surface area contributed by atoms with E-state index in [0.717, 1.165) is 0 Å². The Morgan fingerprint density at radius 2 is 0.837 bits per heavy atom. The van der Waals surface area contributed by atoms with Gasteiger partial charge in [0.1, 0.15) is 0 Å². The highest BCUT2D eigenvalue weighted by Gasteiger charge is 2.36. The van der Waals surface area contributed by atoms with Gasteiger partial charge in [-0.3, -0.25) is 0 Å². The van der Waals surface area contributed by atoms with Gasteiger partial charge in [-0.05, 0) is 185 Å². The number of anilines is 5. The van der Waals surface area contributed by atoms with Crippen molar-refractivity contribution < 1.29 is 0 Å². The molecule has 1 aliphatic rings. The predicted molar refractivity (Wildman–Crippen MR) is 213 cm³/mol. The Kier molecular flexibility index (Phi) is 9.55. The van der Waals surface area contributed by atoms with Crippen molar-refractivity contribution in [1.82, 2.24) is 0 Å². The van der Waals surface area contributed by atoms with Crippen LogP contribution in [0.1, 0.15) is 98.9 Å². The third-order valence-electron chi connectivity index (χ3n) is 11.8. The molecule has 0 amide bonds. The number of aryl methyl sites for hydroxylation is 10. The van der Waals surface area contributed by atoms with E-state index in [1.54, 1.807) is 0 Å². The summed E-state index contributed by atoms with van der Waals surface area (Å²) in [6.07, 6.45) is 6.22. The molecule has 5 aromatic carbocycles. The van der Waals surface area contributed by atoms with E-state index in [0.29, 0.717) is 0 Å². The topological polar surface area (TPSA) is 6.48 Å².